The molecule has 2 heterocycles. The summed E-state index contributed by atoms with van der Waals surface area (Å²) in [6, 6.07) is 12.0. The third-order valence-electron chi connectivity index (χ3n) is 2.92. The number of imidazole rings is 1. The van der Waals surface area contributed by atoms with E-state index in [-0.39, 0.29) is 0 Å². The van der Waals surface area contributed by atoms with Crippen molar-refractivity contribution in [3.63, 3.8) is 0 Å². The fourth-order valence-electron chi connectivity index (χ4n) is 2.01. The minimum atomic E-state index is 0.670. The van der Waals surface area contributed by atoms with Gasteiger partial charge in [0.05, 0.1) is 0 Å². The van der Waals surface area contributed by atoms with Gasteiger partial charge in [-0.2, -0.15) is 0 Å². The molecule has 3 aromatic rings. The zero-order valence-corrected chi connectivity index (χ0v) is 11.5. The van der Waals surface area contributed by atoms with Crippen LogP contribution in [0.2, 0.25) is 0 Å². The number of halogens is 1. The Hall–Kier alpha value is -1.81. The van der Waals surface area contributed by atoms with Crippen LogP contribution in [-0.4, -0.2) is 9.38 Å². The number of pyridine rings is 1. The largest absolute Gasteiger partial charge is 0.383 e. The van der Waals surface area contributed by atoms with Crippen molar-refractivity contribution in [2.75, 3.05) is 5.73 Å². The van der Waals surface area contributed by atoms with Crippen molar-refractivity contribution in [2.24, 2.45) is 0 Å². The molecule has 0 amide bonds. The summed E-state index contributed by atoms with van der Waals surface area (Å²) in [4.78, 5) is 4.60. The molecule has 3 nitrogen and oxygen atoms in total. The Balaban J connectivity index is 2.27. The van der Waals surface area contributed by atoms with Gasteiger partial charge in [-0.3, -0.25) is 4.40 Å². The lowest BCUT2D eigenvalue weighted by Gasteiger charge is -2.00. The molecule has 0 radical (unpaired) electrons. The number of anilines is 1. The lowest BCUT2D eigenvalue weighted by atomic mass is 10.1. The van der Waals surface area contributed by atoms with E-state index in [2.05, 4.69) is 20.9 Å². The summed E-state index contributed by atoms with van der Waals surface area (Å²) in [5, 5.41) is 0. The normalized spacial score (nSPS) is 11.0. The zero-order chi connectivity index (χ0) is 12.7. The fraction of sp³-hybridized carbons (Fsp3) is 0.0714. The Morgan fingerprint density at radius 1 is 1.22 bits per heavy atom. The Labute approximate surface area is 113 Å². The first-order valence-electron chi connectivity index (χ1n) is 5.65. The van der Waals surface area contributed by atoms with Gasteiger partial charge in [-0.05, 0) is 36.8 Å². The Bertz CT molecular complexity index is 731. The summed E-state index contributed by atoms with van der Waals surface area (Å²) in [6.45, 7) is 2.05. The molecule has 90 valence electrons. The second-order valence-corrected chi connectivity index (χ2v) is 5.20. The van der Waals surface area contributed by atoms with Crippen LogP contribution in [0.15, 0.2) is 47.1 Å². The van der Waals surface area contributed by atoms with Crippen molar-refractivity contribution in [3.05, 3.63) is 52.6 Å². The number of fused-ring (bicyclic) bond motifs is 1. The average molecular weight is 302 g/mol. The molecule has 0 aliphatic carbocycles. The third-order valence-corrected chi connectivity index (χ3v) is 3.41. The van der Waals surface area contributed by atoms with E-state index in [0.717, 1.165) is 21.4 Å². The number of hydrogen-bond donors (Lipinski definition) is 1. The molecule has 0 saturated carbocycles. The number of benzene rings is 1. The van der Waals surface area contributed by atoms with Crippen LogP contribution in [0.4, 0.5) is 5.82 Å². The molecule has 2 N–H and O–H groups in total. The highest BCUT2D eigenvalue weighted by Crippen LogP contribution is 2.28. The van der Waals surface area contributed by atoms with Gasteiger partial charge in [0.15, 0.2) is 0 Å². The van der Waals surface area contributed by atoms with Crippen LogP contribution in [0.25, 0.3) is 16.9 Å². The molecule has 0 aliphatic heterocycles. The van der Waals surface area contributed by atoms with E-state index in [9.17, 15) is 0 Å². The van der Waals surface area contributed by atoms with Crippen molar-refractivity contribution in [1.29, 1.82) is 0 Å². The molecule has 0 spiro atoms. The minimum Gasteiger partial charge on any atom is -0.383 e. The van der Waals surface area contributed by atoms with Gasteiger partial charge in [0.2, 0.25) is 0 Å². The molecule has 3 rings (SSSR count). The van der Waals surface area contributed by atoms with Gasteiger partial charge in [-0.25, -0.2) is 4.98 Å². The van der Waals surface area contributed by atoms with Crippen molar-refractivity contribution in [3.8, 4) is 11.3 Å². The molecule has 0 atom stereocenters. The van der Waals surface area contributed by atoms with Gasteiger partial charge in [0.1, 0.15) is 17.2 Å². The SMILES string of the molecule is Cc1ccn2c(N)c(-c3cccc(Br)c3)nc2c1. The predicted octanol–water partition coefficient (Wildman–Crippen LogP) is 3.65. The number of nitrogen functional groups attached to an aromatic ring is 1. The Morgan fingerprint density at radius 3 is 2.83 bits per heavy atom. The molecule has 0 bridgehead atoms. The van der Waals surface area contributed by atoms with E-state index in [1.807, 2.05) is 53.9 Å². The maximum absolute atomic E-state index is 6.16. The first-order valence-corrected chi connectivity index (χ1v) is 6.44. The van der Waals surface area contributed by atoms with Crippen LogP contribution in [0.1, 0.15) is 5.56 Å². The smallest absolute Gasteiger partial charge is 0.139 e. The van der Waals surface area contributed by atoms with Crippen LogP contribution in [-0.2, 0) is 0 Å². The number of aryl methyl sites for hydroxylation is 1. The van der Waals surface area contributed by atoms with E-state index in [1.54, 1.807) is 0 Å². The second kappa shape index (κ2) is 4.14. The monoisotopic (exact) mass is 301 g/mol. The Morgan fingerprint density at radius 2 is 2.06 bits per heavy atom. The summed E-state index contributed by atoms with van der Waals surface area (Å²) in [5.41, 5.74) is 10.0. The van der Waals surface area contributed by atoms with Gasteiger partial charge in [0, 0.05) is 16.2 Å². The Kier molecular flexibility index (Phi) is 2.59. The highest BCUT2D eigenvalue weighted by atomic mass is 79.9. The van der Waals surface area contributed by atoms with Crippen molar-refractivity contribution in [2.45, 2.75) is 6.92 Å². The molecule has 1 aromatic carbocycles. The van der Waals surface area contributed by atoms with Crippen LogP contribution in [0, 0.1) is 6.92 Å². The lowest BCUT2D eigenvalue weighted by Crippen LogP contribution is -1.93. The van der Waals surface area contributed by atoms with Crippen molar-refractivity contribution < 1.29 is 0 Å². The highest BCUT2D eigenvalue weighted by Gasteiger charge is 2.11. The molecule has 0 fully saturated rings. The molecule has 0 saturated heterocycles. The molecular formula is C14H12BrN3. The van der Waals surface area contributed by atoms with Crippen molar-refractivity contribution in [1.82, 2.24) is 9.38 Å². The summed E-state index contributed by atoms with van der Waals surface area (Å²) >= 11 is 3.46. The average Bonchev–Trinajstić information content (AvgIpc) is 2.66. The molecular weight excluding hydrogens is 290 g/mol. The first-order chi connectivity index (χ1) is 8.65. The van der Waals surface area contributed by atoms with Gasteiger partial charge >= 0.3 is 0 Å². The standard InChI is InChI=1S/C14H12BrN3/c1-9-5-6-18-12(7-9)17-13(14(18)16)10-3-2-4-11(15)8-10/h2-8H,16H2,1H3. The summed E-state index contributed by atoms with van der Waals surface area (Å²) < 4.78 is 2.93. The maximum atomic E-state index is 6.16. The van der Waals surface area contributed by atoms with Crippen molar-refractivity contribution >= 4 is 27.4 Å². The quantitative estimate of drug-likeness (QED) is 0.745. The van der Waals surface area contributed by atoms with Crippen LogP contribution >= 0.6 is 15.9 Å². The van der Waals surface area contributed by atoms with E-state index >= 15 is 0 Å². The van der Waals surface area contributed by atoms with E-state index < -0.39 is 0 Å². The van der Waals surface area contributed by atoms with Crippen LogP contribution in [0.3, 0.4) is 0 Å². The molecule has 0 unspecified atom stereocenters. The summed E-state index contributed by atoms with van der Waals surface area (Å²) in [6.07, 6.45) is 1.95. The minimum absolute atomic E-state index is 0.670. The third kappa shape index (κ3) is 1.78. The van der Waals surface area contributed by atoms with Gasteiger partial charge in [0.25, 0.3) is 0 Å². The molecule has 2 aromatic heterocycles. The number of hydrogen-bond acceptors (Lipinski definition) is 2. The first kappa shape index (κ1) is 11.3. The van der Waals surface area contributed by atoms with E-state index in [4.69, 9.17) is 5.73 Å². The highest BCUT2D eigenvalue weighted by molar-refractivity contribution is 9.10. The lowest BCUT2D eigenvalue weighted by molar-refractivity contribution is 1.18. The van der Waals surface area contributed by atoms with E-state index in [1.165, 1.54) is 5.56 Å². The second-order valence-electron chi connectivity index (χ2n) is 4.29. The molecule has 18 heavy (non-hydrogen) atoms. The van der Waals surface area contributed by atoms with Gasteiger partial charge < -0.3 is 5.73 Å². The predicted molar refractivity (Wildman–Crippen MR) is 77.5 cm³/mol. The zero-order valence-electron chi connectivity index (χ0n) is 9.89. The van der Waals surface area contributed by atoms with Crippen LogP contribution in [0.5, 0.6) is 0 Å². The summed E-state index contributed by atoms with van der Waals surface area (Å²) in [5.74, 6) is 0.670. The van der Waals surface area contributed by atoms with Gasteiger partial charge in [-0.1, -0.05) is 28.1 Å². The topological polar surface area (TPSA) is 43.3 Å². The fourth-order valence-corrected chi connectivity index (χ4v) is 2.41. The number of aromatic nitrogens is 2. The van der Waals surface area contributed by atoms with E-state index in [0.29, 0.717) is 5.82 Å². The van der Waals surface area contributed by atoms with Gasteiger partial charge in [-0.15, -0.1) is 0 Å². The number of nitrogens with two attached hydrogens (primary N) is 1. The molecule has 4 heteroatoms. The summed E-state index contributed by atoms with van der Waals surface area (Å²) in [7, 11) is 0. The number of rotatable bonds is 1. The maximum Gasteiger partial charge on any atom is 0.139 e. The molecule has 0 aliphatic rings. The van der Waals surface area contributed by atoms with Crippen LogP contribution < -0.4 is 5.73 Å². The number of nitrogens with zero attached hydrogens (tertiary/aromatic N) is 2.